The molecule has 0 amide bonds. The molecule has 0 aliphatic heterocycles. The lowest BCUT2D eigenvalue weighted by Gasteiger charge is -2.02. The van der Waals surface area contributed by atoms with Gasteiger partial charge in [0.1, 0.15) is 0 Å². The van der Waals surface area contributed by atoms with E-state index in [9.17, 15) is 4.79 Å². The van der Waals surface area contributed by atoms with Crippen LogP contribution in [0.15, 0.2) is 58.7 Å². The van der Waals surface area contributed by atoms with Crippen LogP contribution in [0.25, 0.3) is 5.65 Å². The molecular formula is C15H13N3OS. The van der Waals surface area contributed by atoms with E-state index in [1.165, 1.54) is 11.8 Å². The summed E-state index contributed by atoms with van der Waals surface area (Å²) in [5, 5.41) is 9.10. The third kappa shape index (κ3) is 2.44. The van der Waals surface area contributed by atoms with Crippen molar-refractivity contribution in [1.82, 2.24) is 14.6 Å². The number of rotatable bonds is 4. The number of benzene rings is 1. The first-order valence-corrected chi connectivity index (χ1v) is 7.20. The van der Waals surface area contributed by atoms with Crippen molar-refractivity contribution in [2.24, 2.45) is 0 Å². The van der Waals surface area contributed by atoms with E-state index in [0.29, 0.717) is 6.42 Å². The third-order valence-electron chi connectivity index (χ3n) is 2.99. The summed E-state index contributed by atoms with van der Waals surface area (Å²) in [7, 11) is 0. The number of ketones is 1. The molecule has 2 aromatic heterocycles. The fourth-order valence-electron chi connectivity index (χ4n) is 1.91. The summed E-state index contributed by atoms with van der Waals surface area (Å²) in [6, 6.07) is 13.4. The van der Waals surface area contributed by atoms with Gasteiger partial charge in [-0.05, 0) is 36.0 Å². The van der Waals surface area contributed by atoms with Crippen molar-refractivity contribution in [2.45, 2.75) is 23.4 Å². The first-order chi connectivity index (χ1) is 9.78. The SMILES string of the molecule is CCC(=O)c1ccc(Sc2nnc3ccccn23)cc1. The van der Waals surface area contributed by atoms with Crippen LogP contribution >= 0.6 is 11.8 Å². The van der Waals surface area contributed by atoms with Crippen LogP contribution in [0, 0.1) is 0 Å². The van der Waals surface area contributed by atoms with E-state index in [-0.39, 0.29) is 5.78 Å². The van der Waals surface area contributed by atoms with Crippen molar-refractivity contribution in [2.75, 3.05) is 0 Å². The number of Topliss-reactive ketones (excluding diaryl/α,β-unsaturated/α-hetero) is 1. The summed E-state index contributed by atoms with van der Waals surface area (Å²) in [6.45, 7) is 1.87. The number of pyridine rings is 1. The molecule has 2 heterocycles. The zero-order valence-corrected chi connectivity index (χ0v) is 11.8. The molecule has 0 saturated heterocycles. The van der Waals surface area contributed by atoms with Crippen molar-refractivity contribution in [3.8, 4) is 0 Å². The third-order valence-corrected chi connectivity index (χ3v) is 3.96. The molecule has 0 radical (unpaired) electrons. The second-order valence-electron chi connectivity index (χ2n) is 4.31. The summed E-state index contributed by atoms with van der Waals surface area (Å²) < 4.78 is 1.94. The minimum absolute atomic E-state index is 0.162. The molecule has 5 heteroatoms. The predicted molar refractivity (Wildman–Crippen MR) is 78.2 cm³/mol. The molecule has 0 N–H and O–H groups in total. The monoisotopic (exact) mass is 283 g/mol. The van der Waals surface area contributed by atoms with Gasteiger partial charge in [0.15, 0.2) is 16.6 Å². The van der Waals surface area contributed by atoms with Gasteiger partial charge in [-0.25, -0.2) is 0 Å². The number of aromatic nitrogens is 3. The van der Waals surface area contributed by atoms with Crippen LogP contribution in [0.1, 0.15) is 23.7 Å². The molecule has 3 aromatic rings. The Bertz CT molecular complexity index is 749. The Morgan fingerprint density at radius 1 is 1.15 bits per heavy atom. The van der Waals surface area contributed by atoms with Gasteiger partial charge >= 0.3 is 0 Å². The Balaban J connectivity index is 1.86. The van der Waals surface area contributed by atoms with Crippen LogP contribution in [0.4, 0.5) is 0 Å². The van der Waals surface area contributed by atoms with Crippen molar-refractivity contribution in [3.05, 3.63) is 54.2 Å². The van der Waals surface area contributed by atoms with Gasteiger partial charge in [0, 0.05) is 23.1 Å². The molecule has 4 nitrogen and oxygen atoms in total. The average molecular weight is 283 g/mol. The first kappa shape index (κ1) is 12.9. The van der Waals surface area contributed by atoms with Crippen LogP contribution in [0.3, 0.4) is 0 Å². The van der Waals surface area contributed by atoms with Crippen LogP contribution in [0.2, 0.25) is 0 Å². The molecule has 0 fully saturated rings. The van der Waals surface area contributed by atoms with E-state index in [2.05, 4.69) is 10.2 Å². The number of nitrogens with zero attached hydrogens (tertiary/aromatic N) is 3. The van der Waals surface area contributed by atoms with Crippen molar-refractivity contribution < 1.29 is 4.79 Å². The smallest absolute Gasteiger partial charge is 0.200 e. The van der Waals surface area contributed by atoms with E-state index in [0.717, 1.165) is 21.3 Å². The maximum atomic E-state index is 11.6. The Morgan fingerprint density at radius 2 is 1.95 bits per heavy atom. The summed E-state index contributed by atoms with van der Waals surface area (Å²) in [5.74, 6) is 0.162. The van der Waals surface area contributed by atoms with Gasteiger partial charge < -0.3 is 0 Å². The minimum Gasteiger partial charge on any atom is -0.294 e. The molecule has 0 aliphatic carbocycles. The second kappa shape index (κ2) is 5.46. The molecule has 20 heavy (non-hydrogen) atoms. The normalized spacial score (nSPS) is 10.8. The molecular weight excluding hydrogens is 270 g/mol. The molecule has 0 spiro atoms. The molecule has 0 unspecified atom stereocenters. The van der Waals surface area contributed by atoms with Crippen LogP contribution in [0.5, 0.6) is 0 Å². The fourth-order valence-corrected chi connectivity index (χ4v) is 2.72. The lowest BCUT2D eigenvalue weighted by molar-refractivity contribution is 0.0988. The molecule has 0 bridgehead atoms. The van der Waals surface area contributed by atoms with E-state index in [4.69, 9.17) is 0 Å². The van der Waals surface area contributed by atoms with Gasteiger partial charge in [-0.15, -0.1) is 10.2 Å². The molecule has 100 valence electrons. The van der Waals surface area contributed by atoms with E-state index in [1.807, 2.05) is 60.0 Å². The largest absolute Gasteiger partial charge is 0.294 e. The number of fused-ring (bicyclic) bond motifs is 1. The highest BCUT2D eigenvalue weighted by Gasteiger charge is 2.07. The number of hydrogen-bond acceptors (Lipinski definition) is 4. The molecule has 0 atom stereocenters. The average Bonchev–Trinajstić information content (AvgIpc) is 2.91. The lowest BCUT2D eigenvalue weighted by Crippen LogP contribution is -1.95. The zero-order valence-electron chi connectivity index (χ0n) is 11.0. The quantitative estimate of drug-likeness (QED) is 0.688. The molecule has 1 aromatic carbocycles. The molecule has 3 rings (SSSR count). The van der Waals surface area contributed by atoms with Crippen LogP contribution < -0.4 is 0 Å². The van der Waals surface area contributed by atoms with E-state index in [1.54, 1.807) is 0 Å². The maximum absolute atomic E-state index is 11.6. The van der Waals surface area contributed by atoms with Crippen molar-refractivity contribution >= 4 is 23.2 Å². The predicted octanol–water partition coefficient (Wildman–Crippen LogP) is 3.47. The molecule has 0 saturated carbocycles. The van der Waals surface area contributed by atoms with Gasteiger partial charge in [-0.1, -0.05) is 25.1 Å². The minimum atomic E-state index is 0.162. The first-order valence-electron chi connectivity index (χ1n) is 6.39. The molecule has 0 aliphatic rings. The number of carbonyl (C=O) groups is 1. The zero-order chi connectivity index (χ0) is 13.9. The van der Waals surface area contributed by atoms with Crippen molar-refractivity contribution in [1.29, 1.82) is 0 Å². The topological polar surface area (TPSA) is 47.3 Å². The Hall–Kier alpha value is -2.14. The maximum Gasteiger partial charge on any atom is 0.200 e. The summed E-state index contributed by atoms with van der Waals surface area (Å²) in [4.78, 5) is 12.6. The van der Waals surface area contributed by atoms with E-state index < -0.39 is 0 Å². The summed E-state index contributed by atoms with van der Waals surface area (Å²) >= 11 is 1.53. The highest BCUT2D eigenvalue weighted by Crippen LogP contribution is 2.26. The fraction of sp³-hybridized carbons (Fsp3) is 0.133. The highest BCUT2D eigenvalue weighted by atomic mass is 32.2. The Labute approximate surface area is 120 Å². The van der Waals surface area contributed by atoms with Gasteiger partial charge in [-0.2, -0.15) is 0 Å². The van der Waals surface area contributed by atoms with Crippen LogP contribution in [-0.2, 0) is 0 Å². The summed E-state index contributed by atoms with van der Waals surface area (Å²) in [5.41, 5.74) is 1.58. The Morgan fingerprint density at radius 3 is 2.70 bits per heavy atom. The number of hydrogen-bond donors (Lipinski definition) is 0. The summed E-state index contributed by atoms with van der Waals surface area (Å²) in [6.07, 6.45) is 2.47. The van der Waals surface area contributed by atoms with Crippen LogP contribution in [-0.4, -0.2) is 20.4 Å². The van der Waals surface area contributed by atoms with Gasteiger partial charge in [0.2, 0.25) is 0 Å². The standard InChI is InChI=1S/C15H13N3OS/c1-2-13(19)11-6-8-12(9-7-11)20-15-17-16-14-5-3-4-10-18(14)15/h3-10H,2H2,1H3. The van der Waals surface area contributed by atoms with Gasteiger partial charge in [-0.3, -0.25) is 9.20 Å². The van der Waals surface area contributed by atoms with Crippen molar-refractivity contribution in [3.63, 3.8) is 0 Å². The van der Waals surface area contributed by atoms with Gasteiger partial charge in [0.25, 0.3) is 0 Å². The van der Waals surface area contributed by atoms with Gasteiger partial charge in [0.05, 0.1) is 0 Å². The second-order valence-corrected chi connectivity index (χ2v) is 5.36. The lowest BCUT2D eigenvalue weighted by atomic mass is 10.1. The highest BCUT2D eigenvalue weighted by molar-refractivity contribution is 7.99. The Kier molecular flexibility index (Phi) is 3.52. The number of carbonyl (C=O) groups excluding carboxylic acids is 1. The van der Waals surface area contributed by atoms with E-state index >= 15 is 0 Å².